The van der Waals surface area contributed by atoms with Crippen LogP contribution in [0.1, 0.15) is 21.0 Å². The first-order valence-corrected chi connectivity index (χ1v) is 6.16. The van der Waals surface area contributed by atoms with E-state index in [1.54, 1.807) is 6.20 Å². The molecule has 1 aromatic heterocycles. The molecular weight excluding hydrogens is 234 g/mol. The molecule has 0 saturated heterocycles. The summed E-state index contributed by atoms with van der Waals surface area (Å²) in [5, 5.41) is 9.66. The third-order valence-electron chi connectivity index (χ3n) is 2.53. The predicted molar refractivity (Wildman–Crippen MR) is 67.4 cm³/mol. The number of carbonyl (C=O) groups is 1. The van der Waals surface area contributed by atoms with Crippen molar-refractivity contribution in [1.29, 1.82) is 0 Å². The lowest BCUT2D eigenvalue weighted by Crippen LogP contribution is -1.97. The van der Waals surface area contributed by atoms with E-state index in [-0.39, 0.29) is 6.42 Å². The van der Waals surface area contributed by atoms with Crippen molar-refractivity contribution in [3.05, 3.63) is 51.5 Å². The molecule has 0 aliphatic rings. The van der Waals surface area contributed by atoms with Crippen LogP contribution in [-0.4, -0.2) is 16.1 Å². The Hall–Kier alpha value is -1.68. The highest BCUT2D eigenvalue weighted by Crippen LogP contribution is 2.19. The fourth-order valence-electron chi connectivity index (χ4n) is 1.63. The number of hydrogen-bond acceptors (Lipinski definition) is 3. The molecule has 0 aliphatic carbocycles. The molecule has 0 radical (unpaired) electrons. The molecule has 0 aliphatic heterocycles. The topological polar surface area (TPSA) is 50.2 Å². The van der Waals surface area contributed by atoms with Crippen LogP contribution in [-0.2, 0) is 17.6 Å². The van der Waals surface area contributed by atoms with Crippen molar-refractivity contribution in [2.75, 3.05) is 0 Å². The lowest BCUT2D eigenvalue weighted by molar-refractivity contribution is -0.136. The summed E-state index contributed by atoms with van der Waals surface area (Å²) in [7, 11) is 0. The Morgan fingerprint density at radius 1 is 1.41 bits per heavy atom. The van der Waals surface area contributed by atoms with Crippen LogP contribution in [0.25, 0.3) is 0 Å². The van der Waals surface area contributed by atoms with Crippen LogP contribution in [0, 0.1) is 6.92 Å². The van der Waals surface area contributed by atoms with Gasteiger partial charge in [0.1, 0.15) is 0 Å². The normalized spacial score (nSPS) is 10.4. The molecule has 0 fully saturated rings. The smallest absolute Gasteiger partial charge is 0.308 e. The van der Waals surface area contributed by atoms with E-state index in [1.807, 2.05) is 12.1 Å². The second-order valence-corrected chi connectivity index (χ2v) is 5.09. The van der Waals surface area contributed by atoms with Crippen molar-refractivity contribution in [3.8, 4) is 0 Å². The number of benzene rings is 1. The maximum Gasteiger partial charge on any atom is 0.308 e. The van der Waals surface area contributed by atoms with Crippen LogP contribution in [0.2, 0.25) is 0 Å². The summed E-state index contributed by atoms with van der Waals surface area (Å²) in [5.74, 6) is -0.809. The SMILES string of the molecule is Cc1ccccc1Cc1ncc(CC(=O)O)s1. The Morgan fingerprint density at radius 3 is 2.88 bits per heavy atom. The lowest BCUT2D eigenvalue weighted by atomic mass is 10.1. The number of carboxylic acid groups (broad SMARTS) is 1. The van der Waals surface area contributed by atoms with Gasteiger partial charge in [-0.15, -0.1) is 11.3 Å². The average Bonchev–Trinajstić information content (AvgIpc) is 2.68. The van der Waals surface area contributed by atoms with E-state index in [2.05, 4.69) is 24.0 Å². The summed E-state index contributed by atoms with van der Waals surface area (Å²) in [4.78, 5) is 15.6. The maximum atomic E-state index is 10.6. The van der Waals surface area contributed by atoms with Crippen molar-refractivity contribution >= 4 is 17.3 Å². The second kappa shape index (κ2) is 5.10. The first-order valence-electron chi connectivity index (χ1n) is 5.35. The van der Waals surface area contributed by atoms with Crippen LogP contribution in [0.4, 0.5) is 0 Å². The van der Waals surface area contributed by atoms with Gasteiger partial charge >= 0.3 is 5.97 Å². The Labute approximate surface area is 104 Å². The summed E-state index contributed by atoms with van der Waals surface area (Å²) in [6, 6.07) is 8.17. The molecule has 0 bridgehead atoms. The van der Waals surface area contributed by atoms with Crippen molar-refractivity contribution in [2.24, 2.45) is 0 Å². The molecule has 0 saturated carbocycles. The molecule has 4 heteroatoms. The predicted octanol–water partition coefficient (Wildman–Crippen LogP) is 2.67. The molecule has 1 heterocycles. The van der Waals surface area contributed by atoms with Gasteiger partial charge in [-0.05, 0) is 18.1 Å². The zero-order chi connectivity index (χ0) is 12.3. The molecule has 3 nitrogen and oxygen atoms in total. The summed E-state index contributed by atoms with van der Waals surface area (Å²) in [5.41, 5.74) is 2.48. The third kappa shape index (κ3) is 3.14. The van der Waals surface area contributed by atoms with Gasteiger partial charge in [0.25, 0.3) is 0 Å². The van der Waals surface area contributed by atoms with Gasteiger partial charge in [0, 0.05) is 17.5 Å². The van der Waals surface area contributed by atoms with E-state index in [0.29, 0.717) is 0 Å². The van der Waals surface area contributed by atoms with Crippen LogP contribution >= 0.6 is 11.3 Å². The van der Waals surface area contributed by atoms with E-state index < -0.39 is 5.97 Å². The van der Waals surface area contributed by atoms with Gasteiger partial charge in [0.15, 0.2) is 0 Å². The van der Waals surface area contributed by atoms with Gasteiger partial charge < -0.3 is 5.11 Å². The van der Waals surface area contributed by atoms with E-state index in [4.69, 9.17) is 5.11 Å². The maximum absolute atomic E-state index is 10.6. The van der Waals surface area contributed by atoms with Gasteiger partial charge in [0.05, 0.1) is 11.4 Å². The molecule has 2 rings (SSSR count). The molecule has 0 amide bonds. The highest BCUT2D eigenvalue weighted by Gasteiger charge is 2.07. The Kier molecular flexibility index (Phi) is 3.54. The fraction of sp³-hybridized carbons (Fsp3) is 0.231. The van der Waals surface area contributed by atoms with Crippen molar-refractivity contribution in [3.63, 3.8) is 0 Å². The van der Waals surface area contributed by atoms with Crippen LogP contribution in [0.5, 0.6) is 0 Å². The van der Waals surface area contributed by atoms with Crippen molar-refractivity contribution < 1.29 is 9.90 Å². The lowest BCUT2D eigenvalue weighted by Gasteiger charge is -2.01. The zero-order valence-electron chi connectivity index (χ0n) is 9.51. The monoisotopic (exact) mass is 247 g/mol. The molecule has 2 aromatic rings. The number of carboxylic acids is 1. The standard InChI is InChI=1S/C13H13NO2S/c1-9-4-2-3-5-10(9)6-12-14-8-11(17-12)7-13(15)16/h2-5,8H,6-7H2,1H3,(H,15,16). The van der Waals surface area contributed by atoms with E-state index in [9.17, 15) is 4.79 Å². The minimum Gasteiger partial charge on any atom is -0.481 e. The van der Waals surface area contributed by atoms with Crippen LogP contribution < -0.4 is 0 Å². The molecular formula is C13H13NO2S. The summed E-state index contributed by atoms with van der Waals surface area (Å²) < 4.78 is 0. The number of nitrogens with zero attached hydrogens (tertiary/aromatic N) is 1. The third-order valence-corrected chi connectivity index (χ3v) is 3.53. The highest BCUT2D eigenvalue weighted by molar-refractivity contribution is 7.11. The van der Waals surface area contributed by atoms with E-state index in [0.717, 1.165) is 16.3 Å². The molecule has 88 valence electrons. The van der Waals surface area contributed by atoms with Gasteiger partial charge in [-0.1, -0.05) is 24.3 Å². The quantitative estimate of drug-likeness (QED) is 0.903. The molecule has 17 heavy (non-hydrogen) atoms. The number of aromatic nitrogens is 1. The molecule has 1 aromatic carbocycles. The van der Waals surface area contributed by atoms with Gasteiger partial charge in [-0.25, -0.2) is 4.98 Å². The first-order chi connectivity index (χ1) is 8.15. The molecule has 0 atom stereocenters. The largest absolute Gasteiger partial charge is 0.481 e. The number of thiazole rings is 1. The number of hydrogen-bond donors (Lipinski definition) is 1. The van der Waals surface area contributed by atoms with Gasteiger partial charge in [-0.3, -0.25) is 4.79 Å². The zero-order valence-corrected chi connectivity index (χ0v) is 10.3. The minimum absolute atomic E-state index is 0.0610. The Bertz CT molecular complexity index is 534. The molecule has 0 unspecified atom stereocenters. The van der Waals surface area contributed by atoms with Crippen molar-refractivity contribution in [2.45, 2.75) is 19.8 Å². The fourth-order valence-corrected chi connectivity index (χ4v) is 2.57. The van der Waals surface area contributed by atoms with Crippen molar-refractivity contribution in [1.82, 2.24) is 4.98 Å². The van der Waals surface area contributed by atoms with E-state index >= 15 is 0 Å². The summed E-state index contributed by atoms with van der Waals surface area (Å²) in [6.45, 7) is 2.07. The van der Waals surface area contributed by atoms with Crippen LogP contribution in [0.3, 0.4) is 0 Å². The molecule has 0 spiro atoms. The second-order valence-electron chi connectivity index (χ2n) is 3.89. The van der Waals surface area contributed by atoms with Gasteiger partial charge in [-0.2, -0.15) is 0 Å². The molecule has 1 N–H and O–H groups in total. The summed E-state index contributed by atoms with van der Waals surface area (Å²) >= 11 is 1.47. The Morgan fingerprint density at radius 2 is 2.18 bits per heavy atom. The van der Waals surface area contributed by atoms with Crippen LogP contribution in [0.15, 0.2) is 30.5 Å². The first kappa shape index (κ1) is 11.8. The summed E-state index contributed by atoms with van der Waals surface area (Å²) in [6.07, 6.45) is 2.49. The van der Waals surface area contributed by atoms with E-state index in [1.165, 1.54) is 22.5 Å². The number of aliphatic carboxylic acids is 1. The Balaban J connectivity index is 2.12. The number of rotatable bonds is 4. The minimum atomic E-state index is -0.809. The average molecular weight is 247 g/mol. The highest BCUT2D eigenvalue weighted by atomic mass is 32.1. The van der Waals surface area contributed by atoms with Gasteiger partial charge in [0.2, 0.25) is 0 Å². The number of aryl methyl sites for hydroxylation is 1.